The Morgan fingerprint density at radius 1 is 1.20 bits per heavy atom. The number of rotatable bonds is 5. The van der Waals surface area contributed by atoms with Gasteiger partial charge in [0.2, 0.25) is 5.91 Å². The molecule has 0 spiro atoms. The van der Waals surface area contributed by atoms with Crippen molar-refractivity contribution in [3.63, 3.8) is 0 Å². The summed E-state index contributed by atoms with van der Waals surface area (Å²) in [6, 6.07) is 6.35. The minimum atomic E-state index is -0.570. The van der Waals surface area contributed by atoms with E-state index in [2.05, 4.69) is 5.32 Å². The molecule has 3 rings (SSSR count). The van der Waals surface area contributed by atoms with Crippen molar-refractivity contribution in [3.05, 3.63) is 41.9 Å². The number of nitrogens with one attached hydrogen (secondary N) is 1. The van der Waals surface area contributed by atoms with Crippen molar-refractivity contribution in [2.45, 2.75) is 19.4 Å². The maximum Gasteiger partial charge on any atom is 0.255 e. The van der Waals surface area contributed by atoms with Crippen molar-refractivity contribution in [2.24, 2.45) is 0 Å². The van der Waals surface area contributed by atoms with E-state index in [1.54, 1.807) is 50.3 Å². The van der Waals surface area contributed by atoms with Crippen molar-refractivity contribution < 1.29 is 23.5 Å². The van der Waals surface area contributed by atoms with Gasteiger partial charge in [0.15, 0.2) is 0 Å². The fraction of sp³-hybridized carbons (Fsp3) is 0.333. The van der Waals surface area contributed by atoms with Crippen molar-refractivity contribution >= 4 is 17.5 Å². The smallest absolute Gasteiger partial charge is 0.255 e. The minimum Gasteiger partial charge on any atom is -0.497 e. The van der Waals surface area contributed by atoms with Crippen LogP contribution in [0.5, 0.6) is 11.5 Å². The first kappa shape index (κ1) is 16.9. The van der Waals surface area contributed by atoms with Gasteiger partial charge in [-0.2, -0.15) is 0 Å². The molecule has 1 aromatic carbocycles. The Bertz CT molecular complexity index is 776. The number of furan rings is 1. The van der Waals surface area contributed by atoms with Gasteiger partial charge < -0.3 is 24.1 Å². The number of benzene rings is 1. The molecule has 132 valence electrons. The molecule has 1 aliphatic rings. The molecule has 1 atom stereocenters. The van der Waals surface area contributed by atoms with Crippen LogP contribution in [-0.2, 0) is 4.79 Å². The van der Waals surface area contributed by atoms with Crippen LogP contribution in [0.4, 0.5) is 5.69 Å². The third-order valence-electron chi connectivity index (χ3n) is 4.15. The lowest BCUT2D eigenvalue weighted by Crippen LogP contribution is -2.41. The number of ether oxygens (including phenoxy) is 2. The fourth-order valence-corrected chi connectivity index (χ4v) is 2.82. The predicted molar refractivity (Wildman–Crippen MR) is 91.2 cm³/mol. The summed E-state index contributed by atoms with van der Waals surface area (Å²) in [7, 11) is 3.11. The maximum atomic E-state index is 12.7. The lowest BCUT2D eigenvalue weighted by atomic mass is 10.2. The molecule has 0 saturated carbocycles. The quantitative estimate of drug-likeness (QED) is 0.899. The number of aryl methyl sites for hydroxylation is 1. The Morgan fingerprint density at radius 2 is 1.88 bits per heavy atom. The molecule has 0 radical (unpaired) electrons. The molecule has 2 heterocycles. The van der Waals surface area contributed by atoms with E-state index in [1.165, 1.54) is 6.26 Å². The number of hydrogen-bond acceptors (Lipinski definition) is 5. The molecule has 1 N–H and O–H groups in total. The molecule has 7 nitrogen and oxygen atoms in total. The Morgan fingerprint density at radius 3 is 2.44 bits per heavy atom. The molecule has 0 unspecified atom stereocenters. The van der Waals surface area contributed by atoms with Gasteiger partial charge in [-0.1, -0.05) is 0 Å². The lowest BCUT2D eigenvalue weighted by molar-refractivity contribution is -0.118. The van der Waals surface area contributed by atoms with Crippen LogP contribution in [0.25, 0.3) is 0 Å². The third kappa shape index (κ3) is 3.45. The summed E-state index contributed by atoms with van der Waals surface area (Å²) in [4.78, 5) is 26.5. The Labute approximate surface area is 145 Å². The molecule has 2 amide bonds. The van der Waals surface area contributed by atoms with Crippen LogP contribution in [0.1, 0.15) is 22.5 Å². The zero-order chi connectivity index (χ0) is 18.0. The number of hydrogen-bond donors (Lipinski definition) is 1. The first-order chi connectivity index (χ1) is 12.0. The average molecular weight is 344 g/mol. The highest BCUT2D eigenvalue weighted by atomic mass is 16.5. The van der Waals surface area contributed by atoms with Crippen LogP contribution in [-0.4, -0.2) is 38.6 Å². The summed E-state index contributed by atoms with van der Waals surface area (Å²) in [6.07, 6.45) is 1.91. The summed E-state index contributed by atoms with van der Waals surface area (Å²) in [5.41, 5.74) is 1.09. The van der Waals surface area contributed by atoms with Crippen LogP contribution >= 0.6 is 0 Å². The molecule has 2 aromatic rings. The molecule has 1 aromatic heterocycles. The van der Waals surface area contributed by atoms with Crippen LogP contribution < -0.4 is 19.7 Å². The standard InChI is InChI=1S/C18H20N2O5/c1-11-6-12(10-25-11)17(21)19-16-4-5-20(18(16)22)13-7-14(23-2)9-15(8-13)24-3/h6-10,16H,4-5H2,1-3H3,(H,19,21)/t16-/m0/s1. The summed E-state index contributed by atoms with van der Waals surface area (Å²) in [5, 5.41) is 2.76. The zero-order valence-electron chi connectivity index (χ0n) is 14.4. The predicted octanol–water partition coefficient (Wildman–Crippen LogP) is 2.14. The van der Waals surface area contributed by atoms with Crippen molar-refractivity contribution in [3.8, 4) is 11.5 Å². The summed E-state index contributed by atoms with van der Waals surface area (Å²) in [6.45, 7) is 2.26. The summed E-state index contributed by atoms with van der Waals surface area (Å²) >= 11 is 0. The molecular weight excluding hydrogens is 324 g/mol. The first-order valence-electron chi connectivity index (χ1n) is 7.92. The normalized spacial score (nSPS) is 16.8. The van der Waals surface area contributed by atoms with Crippen LogP contribution in [0.3, 0.4) is 0 Å². The van der Waals surface area contributed by atoms with E-state index >= 15 is 0 Å². The van der Waals surface area contributed by atoms with E-state index in [0.717, 1.165) is 0 Å². The highest BCUT2D eigenvalue weighted by Crippen LogP contribution is 2.31. The molecular formula is C18H20N2O5. The maximum absolute atomic E-state index is 12.7. The molecule has 0 bridgehead atoms. The van der Waals surface area contributed by atoms with Gasteiger partial charge in [-0.25, -0.2) is 0 Å². The van der Waals surface area contributed by atoms with Gasteiger partial charge in [0, 0.05) is 24.7 Å². The number of carbonyl (C=O) groups excluding carboxylic acids is 2. The van der Waals surface area contributed by atoms with E-state index in [1.807, 2.05) is 0 Å². The van der Waals surface area contributed by atoms with Gasteiger partial charge in [-0.05, 0) is 19.4 Å². The monoisotopic (exact) mass is 344 g/mol. The Balaban J connectivity index is 1.74. The van der Waals surface area contributed by atoms with Gasteiger partial charge >= 0.3 is 0 Å². The number of methoxy groups -OCH3 is 2. The topological polar surface area (TPSA) is 81.0 Å². The van der Waals surface area contributed by atoms with Crippen molar-refractivity contribution in [1.82, 2.24) is 5.32 Å². The largest absolute Gasteiger partial charge is 0.497 e. The molecule has 1 aliphatic heterocycles. The summed E-state index contributed by atoms with van der Waals surface area (Å²) in [5.74, 6) is 1.36. The molecule has 0 aliphatic carbocycles. The Hall–Kier alpha value is -2.96. The van der Waals surface area contributed by atoms with Gasteiger partial charge in [0.25, 0.3) is 5.91 Å². The summed E-state index contributed by atoms with van der Waals surface area (Å²) < 4.78 is 15.6. The lowest BCUT2D eigenvalue weighted by Gasteiger charge is -2.19. The molecule has 1 saturated heterocycles. The molecule has 1 fully saturated rings. The second-order valence-corrected chi connectivity index (χ2v) is 5.82. The highest BCUT2D eigenvalue weighted by Gasteiger charge is 2.34. The second-order valence-electron chi connectivity index (χ2n) is 5.82. The van der Waals surface area contributed by atoms with Gasteiger partial charge in [0.1, 0.15) is 29.6 Å². The number of amides is 2. The van der Waals surface area contributed by atoms with Crippen molar-refractivity contribution in [1.29, 1.82) is 0 Å². The SMILES string of the molecule is COc1cc(OC)cc(N2CC[C@H](NC(=O)c3coc(C)c3)C2=O)c1. The first-order valence-corrected chi connectivity index (χ1v) is 7.92. The van der Waals surface area contributed by atoms with Crippen LogP contribution in [0.15, 0.2) is 34.9 Å². The van der Waals surface area contributed by atoms with Gasteiger partial charge in [-0.3, -0.25) is 9.59 Å². The number of anilines is 1. The zero-order valence-corrected chi connectivity index (χ0v) is 14.4. The van der Waals surface area contributed by atoms with E-state index in [4.69, 9.17) is 13.9 Å². The third-order valence-corrected chi connectivity index (χ3v) is 4.15. The number of carbonyl (C=O) groups is 2. The molecule has 7 heteroatoms. The number of nitrogens with zero attached hydrogens (tertiary/aromatic N) is 1. The van der Waals surface area contributed by atoms with E-state index < -0.39 is 6.04 Å². The van der Waals surface area contributed by atoms with Crippen LogP contribution in [0.2, 0.25) is 0 Å². The van der Waals surface area contributed by atoms with E-state index in [9.17, 15) is 9.59 Å². The highest BCUT2D eigenvalue weighted by molar-refractivity contribution is 6.04. The fourth-order valence-electron chi connectivity index (χ4n) is 2.82. The van der Waals surface area contributed by atoms with Gasteiger partial charge in [-0.15, -0.1) is 0 Å². The van der Waals surface area contributed by atoms with Crippen molar-refractivity contribution in [2.75, 3.05) is 25.7 Å². The van der Waals surface area contributed by atoms with Crippen LogP contribution in [0, 0.1) is 6.92 Å². The Kier molecular flexibility index (Phi) is 4.65. The average Bonchev–Trinajstić information content (AvgIpc) is 3.21. The second kappa shape index (κ2) is 6.88. The minimum absolute atomic E-state index is 0.163. The van der Waals surface area contributed by atoms with E-state index in [0.29, 0.717) is 41.5 Å². The van der Waals surface area contributed by atoms with Gasteiger partial charge in [0.05, 0.1) is 25.5 Å². The molecule has 25 heavy (non-hydrogen) atoms. The van der Waals surface area contributed by atoms with E-state index in [-0.39, 0.29) is 11.8 Å².